The van der Waals surface area contributed by atoms with Crippen molar-refractivity contribution in [2.24, 2.45) is 0 Å². The zero-order chi connectivity index (χ0) is 18.7. The third kappa shape index (κ3) is 4.11. The van der Waals surface area contributed by atoms with Crippen LogP contribution >= 0.6 is 23.4 Å². The second kappa shape index (κ2) is 7.97. The highest BCUT2D eigenvalue weighted by Crippen LogP contribution is 2.29. The summed E-state index contributed by atoms with van der Waals surface area (Å²) in [7, 11) is 3.48. The molecule has 1 atom stereocenters. The topological polar surface area (TPSA) is 64.2 Å². The van der Waals surface area contributed by atoms with E-state index >= 15 is 0 Å². The molecule has 0 radical (unpaired) electrons. The van der Waals surface area contributed by atoms with Crippen molar-refractivity contribution >= 4 is 29.3 Å². The maximum atomic E-state index is 12.2. The van der Waals surface area contributed by atoms with Crippen molar-refractivity contribution in [1.29, 1.82) is 0 Å². The first kappa shape index (κ1) is 18.5. The molecule has 0 N–H and O–H groups in total. The number of thioether (sulfide) groups is 1. The highest BCUT2D eigenvalue weighted by atomic mass is 35.5. The smallest absolute Gasteiger partial charge is 0.235 e. The van der Waals surface area contributed by atoms with Gasteiger partial charge in [-0.05, 0) is 43.3 Å². The Morgan fingerprint density at radius 1 is 1.27 bits per heavy atom. The van der Waals surface area contributed by atoms with Crippen LogP contribution in [0.4, 0.5) is 0 Å². The van der Waals surface area contributed by atoms with Crippen LogP contribution in [0, 0.1) is 0 Å². The Morgan fingerprint density at radius 3 is 2.62 bits per heavy atom. The molecular weight excluding hydrogens is 372 g/mol. The minimum Gasteiger partial charge on any atom is -0.467 e. The molecule has 0 unspecified atom stereocenters. The first-order chi connectivity index (χ1) is 12.5. The van der Waals surface area contributed by atoms with E-state index in [0.29, 0.717) is 22.5 Å². The molecule has 3 aromatic rings. The van der Waals surface area contributed by atoms with Gasteiger partial charge in [-0.3, -0.25) is 9.36 Å². The molecule has 0 saturated heterocycles. The van der Waals surface area contributed by atoms with Crippen molar-refractivity contribution in [3.63, 3.8) is 0 Å². The molecule has 8 heteroatoms. The molecule has 0 spiro atoms. The van der Waals surface area contributed by atoms with Crippen molar-refractivity contribution in [3.8, 4) is 11.4 Å². The summed E-state index contributed by atoms with van der Waals surface area (Å²) < 4.78 is 7.43. The van der Waals surface area contributed by atoms with E-state index in [4.69, 9.17) is 16.0 Å². The van der Waals surface area contributed by atoms with Crippen LogP contribution in [-0.4, -0.2) is 44.9 Å². The first-order valence-electron chi connectivity index (χ1n) is 8.05. The van der Waals surface area contributed by atoms with Gasteiger partial charge in [0.2, 0.25) is 5.91 Å². The zero-order valence-electron chi connectivity index (χ0n) is 14.7. The predicted octanol–water partition coefficient (Wildman–Crippen LogP) is 3.81. The van der Waals surface area contributed by atoms with Crippen LogP contribution < -0.4 is 0 Å². The summed E-state index contributed by atoms with van der Waals surface area (Å²) in [5.41, 5.74) is 0.895. The number of furan rings is 1. The van der Waals surface area contributed by atoms with Gasteiger partial charge < -0.3 is 9.32 Å². The maximum Gasteiger partial charge on any atom is 0.235 e. The van der Waals surface area contributed by atoms with Crippen LogP contribution in [0.2, 0.25) is 5.02 Å². The lowest BCUT2D eigenvalue weighted by Gasteiger charge is -2.16. The molecule has 0 aliphatic rings. The molecule has 2 heterocycles. The van der Waals surface area contributed by atoms with E-state index in [9.17, 15) is 4.79 Å². The molecule has 0 aliphatic carbocycles. The van der Waals surface area contributed by atoms with Gasteiger partial charge in [0.15, 0.2) is 11.0 Å². The minimum atomic E-state index is -0.275. The monoisotopic (exact) mass is 390 g/mol. The van der Waals surface area contributed by atoms with Gasteiger partial charge in [0.1, 0.15) is 5.76 Å². The molecule has 26 heavy (non-hydrogen) atoms. The summed E-state index contributed by atoms with van der Waals surface area (Å²) in [6, 6.07) is 11.2. The van der Waals surface area contributed by atoms with Crippen molar-refractivity contribution < 1.29 is 9.21 Å². The molecule has 0 bridgehead atoms. The van der Waals surface area contributed by atoms with Crippen LogP contribution in [0.3, 0.4) is 0 Å². The highest BCUT2D eigenvalue weighted by Gasteiger charge is 2.22. The molecule has 0 fully saturated rings. The van der Waals surface area contributed by atoms with Gasteiger partial charge >= 0.3 is 0 Å². The van der Waals surface area contributed by atoms with Gasteiger partial charge in [-0.2, -0.15) is 0 Å². The normalized spacial score (nSPS) is 12.2. The second-order valence-electron chi connectivity index (χ2n) is 5.97. The number of carbonyl (C=O) groups excluding carboxylic acids is 1. The lowest BCUT2D eigenvalue weighted by molar-refractivity contribution is -0.127. The Bertz CT molecular complexity index is 875. The van der Waals surface area contributed by atoms with Gasteiger partial charge in [0, 0.05) is 24.7 Å². The number of nitrogens with zero attached hydrogens (tertiary/aromatic N) is 4. The van der Waals surface area contributed by atoms with Gasteiger partial charge in [0.25, 0.3) is 0 Å². The van der Waals surface area contributed by atoms with Crippen molar-refractivity contribution in [2.45, 2.75) is 23.9 Å². The standard InChI is InChI=1S/C18H19ClN4O2S/c1-12(17(24)22(2)3)26-18-21-20-16(13-6-8-14(19)9-7-13)23(18)11-15-5-4-10-25-15/h4-10,12H,11H2,1-3H3/t12-/m1/s1. The minimum absolute atomic E-state index is 0.0237. The second-order valence-corrected chi connectivity index (χ2v) is 7.72. The number of aromatic nitrogens is 3. The Balaban J connectivity index is 1.96. The van der Waals surface area contributed by atoms with E-state index in [1.54, 1.807) is 25.3 Å². The Morgan fingerprint density at radius 2 is 2.00 bits per heavy atom. The number of carbonyl (C=O) groups is 1. The zero-order valence-corrected chi connectivity index (χ0v) is 16.3. The molecule has 0 aliphatic heterocycles. The van der Waals surface area contributed by atoms with Crippen LogP contribution in [0.5, 0.6) is 0 Å². The Kier molecular flexibility index (Phi) is 5.68. The Labute approximate surface area is 161 Å². The lowest BCUT2D eigenvalue weighted by atomic mass is 10.2. The summed E-state index contributed by atoms with van der Waals surface area (Å²) in [5.74, 6) is 1.51. The van der Waals surface area contributed by atoms with E-state index in [1.807, 2.05) is 47.9 Å². The van der Waals surface area contributed by atoms with Crippen molar-refractivity contribution in [2.75, 3.05) is 14.1 Å². The van der Waals surface area contributed by atoms with Crippen molar-refractivity contribution in [3.05, 3.63) is 53.4 Å². The average Bonchev–Trinajstić information content (AvgIpc) is 3.26. The number of benzene rings is 1. The van der Waals surface area contributed by atoms with Gasteiger partial charge in [-0.25, -0.2) is 0 Å². The average molecular weight is 391 g/mol. The lowest BCUT2D eigenvalue weighted by Crippen LogP contribution is -2.29. The molecule has 1 aromatic carbocycles. The molecule has 6 nitrogen and oxygen atoms in total. The summed E-state index contributed by atoms with van der Waals surface area (Å²) in [4.78, 5) is 13.8. The third-order valence-corrected chi connectivity index (χ3v) is 5.10. The molecule has 2 aromatic heterocycles. The summed E-state index contributed by atoms with van der Waals surface area (Å²) in [6.45, 7) is 2.34. The van der Waals surface area contributed by atoms with Gasteiger partial charge in [-0.15, -0.1) is 10.2 Å². The summed E-state index contributed by atoms with van der Waals surface area (Å²) in [6.07, 6.45) is 1.63. The van der Waals surface area contributed by atoms with Gasteiger partial charge in [-0.1, -0.05) is 23.4 Å². The SMILES string of the molecule is C[C@@H](Sc1nnc(-c2ccc(Cl)cc2)n1Cc1ccco1)C(=O)N(C)C. The number of rotatable bonds is 6. The molecule has 1 amide bonds. The molecular formula is C18H19ClN4O2S. The number of amides is 1. The van der Waals surface area contributed by atoms with E-state index in [-0.39, 0.29) is 11.2 Å². The van der Waals surface area contributed by atoms with E-state index in [1.165, 1.54) is 11.8 Å². The fourth-order valence-electron chi connectivity index (χ4n) is 2.46. The van der Waals surface area contributed by atoms with Crippen LogP contribution in [0.15, 0.2) is 52.2 Å². The number of hydrogen-bond donors (Lipinski definition) is 0. The number of hydrogen-bond acceptors (Lipinski definition) is 5. The Hall–Kier alpha value is -2.25. The molecule has 3 rings (SSSR count). The summed E-state index contributed by atoms with van der Waals surface area (Å²) in [5, 5.41) is 9.69. The van der Waals surface area contributed by atoms with E-state index in [2.05, 4.69) is 10.2 Å². The van der Waals surface area contributed by atoms with Gasteiger partial charge in [0.05, 0.1) is 18.1 Å². The quantitative estimate of drug-likeness (QED) is 0.599. The molecule has 0 saturated carbocycles. The predicted molar refractivity (Wildman–Crippen MR) is 102 cm³/mol. The van der Waals surface area contributed by atoms with E-state index < -0.39 is 0 Å². The van der Waals surface area contributed by atoms with Crippen LogP contribution in [0.25, 0.3) is 11.4 Å². The highest BCUT2D eigenvalue weighted by molar-refractivity contribution is 8.00. The maximum absolute atomic E-state index is 12.2. The van der Waals surface area contributed by atoms with E-state index in [0.717, 1.165) is 11.3 Å². The van der Waals surface area contributed by atoms with Crippen LogP contribution in [-0.2, 0) is 11.3 Å². The fourth-order valence-corrected chi connectivity index (χ4v) is 3.58. The summed E-state index contributed by atoms with van der Waals surface area (Å²) >= 11 is 7.37. The molecule has 136 valence electrons. The first-order valence-corrected chi connectivity index (χ1v) is 9.31. The fraction of sp³-hybridized carbons (Fsp3) is 0.278. The number of halogens is 1. The third-order valence-electron chi connectivity index (χ3n) is 3.78. The van der Waals surface area contributed by atoms with Crippen LogP contribution in [0.1, 0.15) is 12.7 Å². The van der Waals surface area contributed by atoms with Crippen molar-refractivity contribution in [1.82, 2.24) is 19.7 Å². The largest absolute Gasteiger partial charge is 0.467 e.